The molecule has 11 nitrogen and oxygen atoms in total. The summed E-state index contributed by atoms with van der Waals surface area (Å²) in [7, 11) is -4.11. The van der Waals surface area contributed by atoms with E-state index in [1.54, 1.807) is 0 Å². The molecule has 9 rings (SSSR count). The lowest BCUT2D eigenvalue weighted by molar-refractivity contribution is -0.578. The topological polar surface area (TPSA) is 150 Å². The van der Waals surface area contributed by atoms with Crippen LogP contribution in [0.25, 0.3) is 0 Å². The molecular formula is C41H67NO10S. The van der Waals surface area contributed by atoms with E-state index < -0.39 is 39.8 Å². The van der Waals surface area contributed by atoms with Gasteiger partial charge in [-0.15, -0.1) is 0 Å². The van der Waals surface area contributed by atoms with E-state index in [0.29, 0.717) is 53.8 Å². The fraction of sp³-hybridized carbons (Fsp3) is 0.976. The van der Waals surface area contributed by atoms with Crippen molar-refractivity contribution in [2.24, 2.45) is 70.0 Å². The third kappa shape index (κ3) is 6.57. The smallest absolute Gasteiger partial charge is 0.266 e. The van der Waals surface area contributed by atoms with Crippen LogP contribution in [0.5, 0.6) is 0 Å². The van der Waals surface area contributed by atoms with Crippen LogP contribution in [0.15, 0.2) is 0 Å². The largest absolute Gasteiger partial charge is 0.393 e. The fourth-order valence-corrected chi connectivity index (χ4v) is 14.8. The van der Waals surface area contributed by atoms with Crippen molar-refractivity contribution in [3.05, 3.63) is 0 Å². The Morgan fingerprint density at radius 3 is 2.40 bits per heavy atom. The van der Waals surface area contributed by atoms with Crippen LogP contribution in [-0.2, 0) is 38.9 Å². The Hall–Kier alpha value is -0.860. The van der Waals surface area contributed by atoms with Gasteiger partial charge in [0.15, 0.2) is 18.2 Å². The predicted octanol–water partition coefficient (Wildman–Crippen LogP) is 6.63. The van der Waals surface area contributed by atoms with Gasteiger partial charge in [-0.1, -0.05) is 34.6 Å². The maximum atomic E-state index is 12.6. The molecule has 12 heteroatoms. The lowest BCUT2D eigenvalue weighted by Gasteiger charge is -2.64. The minimum absolute atomic E-state index is 0.0196. The lowest BCUT2D eigenvalue weighted by atomic mass is 9.43. The molecule has 18 atom stereocenters. The third-order valence-corrected chi connectivity index (χ3v) is 18.0. The Balaban J connectivity index is 1.03. The van der Waals surface area contributed by atoms with E-state index in [0.717, 1.165) is 83.5 Å². The summed E-state index contributed by atoms with van der Waals surface area (Å²) < 4.78 is 52.5. The average molecular weight is 766 g/mol. The number of ether oxygens (including phenoxy) is 3. The van der Waals surface area contributed by atoms with Gasteiger partial charge in [-0.25, -0.2) is 9.78 Å². The van der Waals surface area contributed by atoms with E-state index >= 15 is 0 Å². The number of hydrogen-bond acceptors (Lipinski definition) is 9. The number of fused-ring (bicyclic) bond motifs is 7. The molecule has 0 radical (unpaired) electrons. The minimum Gasteiger partial charge on any atom is -0.393 e. The van der Waals surface area contributed by atoms with Crippen molar-refractivity contribution in [2.45, 2.75) is 168 Å². The van der Waals surface area contributed by atoms with E-state index in [9.17, 15) is 18.3 Å². The fourth-order valence-electron chi connectivity index (χ4n) is 14.5. The quantitative estimate of drug-likeness (QED) is 0.133. The predicted molar refractivity (Wildman–Crippen MR) is 196 cm³/mol. The van der Waals surface area contributed by atoms with Crippen LogP contribution in [0, 0.1) is 70.0 Å². The second kappa shape index (κ2) is 13.9. The molecular weight excluding hydrogens is 699 g/mol. The summed E-state index contributed by atoms with van der Waals surface area (Å²) in [5.74, 6) is 2.29. The average Bonchev–Trinajstić information content (AvgIpc) is 3.29. The number of carbonyl (C=O) groups is 1. The highest BCUT2D eigenvalue weighted by molar-refractivity contribution is 7.85. The highest BCUT2D eigenvalue weighted by atomic mass is 32.2. The van der Waals surface area contributed by atoms with Gasteiger partial charge in [-0.05, 0) is 142 Å². The maximum Gasteiger partial charge on any atom is 0.266 e. The monoisotopic (exact) mass is 765 g/mol. The summed E-state index contributed by atoms with van der Waals surface area (Å²) in [6, 6.07) is 0. The molecule has 0 aromatic carbocycles. The van der Waals surface area contributed by atoms with Crippen molar-refractivity contribution in [1.82, 2.24) is 5.32 Å². The molecule has 0 aromatic rings. The molecule has 5 saturated carbocycles. The first-order valence-electron chi connectivity index (χ1n) is 21.2. The second-order valence-corrected chi connectivity index (χ2v) is 21.6. The number of aliphatic hydroxyl groups excluding tert-OH is 1. The van der Waals surface area contributed by atoms with Crippen LogP contribution in [0.2, 0.25) is 0 Å². The summed E-state index contributed by atoms with van der Waals surface area (Å²) in [6.45, 7) is 13.9. The molecule has 53 heavy (non-hydrogen) atoms. The van der Waals surface area contributed by atoms with Crippen LogP contribution >= 0.6 is 0 Å². The Kier molecular flexibility index (Phi) is 10.2. The molecule has 302 valence electrons. The zero-order valence-electron chi connectivity index (χ0n) is 33.0. The normalized spacial score (nSPS) is 52.3. The molecule has 0 aromatic heterocycles. The van der Waals surface area contributed by atoms with Crippen molar-refractivity contribution in [3.63, 3.8) is 0 Å². The van der Waals surface area contributed by atoms with Gasteiger partial charge in [0.2, 0.25) is 11.7 Å². The number of hydrogen-bond donors (Lipinski definition) is 3. The molecule has 5 aliphatic carbocycles. The van der Waals surface area contributed by atoms with Crippen molar-refractivity contribution in [1.29, 1.82) is 0 Å². The number of amides is 1. The van der Waals surface area contributed by atoms with E-state index in [1.807, 2.05) is 6.92 Å². The van der Waals surface area contributed by atoms with Crippen LogP contribution in [0.4, 0.5) is 0 Å². The standard InChI is InChI=1S/C41H67NO10S/c1-23(8-12-34(44)42-19-20-53(45,46)47)28-10-11-31-35-32(14-17-39(28,31)5)38(4)16-13-27(43)21-26(38)22-33(35)48-36-25(3)30-9-7-24(2)29-15-18-40(6)50-37(49-36)41(29,30)52-51-40/h23-33,35-37,43H,7-22H2,1-6H3,(H,42,44)(H,45,46,47)/t23-,24-,25-,26?,27-,28-,29?,30?,31?,32?,33+,35?,36?,37?,38+,39-,40?,41-/m1/s1. The summed E-state index contributed by atoms with van der Waals surface area (Å²) in [6.07, 6.45) is 12.2. The van der Waals surface area contributed by atoms with Crippen LogP contribution in [0.1, 0.15) is 131 Å². The first-order valence-corrected chi connectivity index (χ1v) is 22.8. The van der Waals surface area contributed by atoms with Crippen molar-refractivity contribution in [3.8, 4) is 0 Å². The van der Waals surface area contributed by atoms with Crippen LogP contribution in [0.3, 0.4) is 0 Å². The van der Waals surface area contributed by atoms with Crippen molar-refractivity contribution < 1.29 is 46.9 Å². The Labute approximate surface area is 317 Å². The first-order chi connectivity index (χ1) is 25.0. The van der Waals surface area contributed by atoms with Gasteiger partial charge in [-0.2, -0.15) is 8.42 Å². The molecule has 2 bridgehead atoms. The number of nitrogens with one attached hydrogen (secondary N) is 1. The lowest BCUT2D eigenvalue weighted by Crippen LogP contribution is -2.71. The summed E-state index contributed by atoms with van der Waals surface area (Å²) in [5.41, 5.74) is -0.325. The first kappa shape index (κ1) is 39.0. The molecule has 3 N–H and O–H groups in total. The second-order valence-electron chi connectivity index (χ2n) is 20.0. The van der Waals surface area contributed by atoms with Gasteiger partial charge >= 0.3 is 0 Å². The Morgan fingerprint density at radius 2 is 1.62 bits per heavy atom. The molecule has 1 spiro atoms. The van der Waals surface area contributed by atoms with Gasteiger partial charge in [0, 0.05) is 31.2 Å². The van der Waals surface area contributed by atoms with Crippen molar-refractivity contribution in [2.75, 3.05) is 12.3 Å². The molecule has 9 aliphatic rings. The van der Waals surface area contributed by atoms with E-state index in [1.165, 1.54) is 0 Å². The van der Waals surface area contributed by atoms with Gasteiger partial charge in [-0.3, -0.25) is 9.35 Å². The van der Waals surface area contributed by atoms with Crippen LogP contribution in [-0.4, -0.2) is 72.5 Å². The zero-order chi connectivity index (χ0) is 37.7. The maximum absolute atomic E-state index is 12.6. The number of carbonyl (C=O) groups excluding carboxylic acids is 1. The van der Waals surface area contributed by atoms with Gasteiger partial charge in [0.1, 0.15) is 0 Å². The van der Waals surface area contributed by atoms with Gasteiger partial charge in [0.05, 0.1) is 18.0 Å². The summed E-state index contributed by atoms with van der Waals surface area (Å²) in [5, 5.41) is 13.6. The SMILES string of the molecule is C[C@H]1C(O[C@H]2CC3C[C@H](O)CC[C@]3(C)C3CC[C@@]4(C)C(CC[C@@H]4[C@H](C)CCC(=O)NCCS(=O)(=O)O)C32)OC2OC3(C)CCC4[C@H](C)CCC1[C@@]24OO3. The summed E-state index contributed by atoms with van der Waals surface area (Å²) >= 11 is 0. The minimum atomic E-state index is -4.11. The Bertz CT molecular complexity index is 1500. The Morgan fingerprint density at radius 1 is 0.906 bits per heavy atom. The molecule has 4 saturated heterocycles. The highest BCUT2D eigenvalue weighted by Gasteiger charge is 2.70. The molecule has 9 fully saturated rings. The number of rotatable bonds is 9. The van der Waals surface area contributed by atoms with E-state index in [2.05, 4.69) is 39.9 Å². The summed E-state index contributed by atoms with van der Waals surface area (Å²) in [4.78, 5) is 25.2. The molecule has 4 heterocycles. The zero-order valence-corrected chi connectivity index (χ0v) is 33.8. The van der Waals surface area contributed by atoms with E-state index in [4.69, 9.17) is 28.5 Å². The van der Waals surface area contributed by atoms with Gasteiger partial charge < -0.3 is 24.6 Å². The van der Waals surface area contributed by atoms with Gasteiger partial charge in [0.25, 0.3) is 10.1 Å². The van der Waals surface area contributed by atoms with Crippen molar-refractivity contribution >= 4 is 16.0 Å². The molecule has 4 aliphatic heterocycles. The number of aliphatic hydroxyl groups is 1. The van der Waals surface area contributed by atoms with E-state index in [-0.39, 0.29) is 47.3 Å². The molecule has 9 unspecified atom stereocenters. The highest BCUT2D eigenvalue weighted by Crippen LogP contribution is 2.69. The van der Waals surface area contributed by atoms with Crippen LogP contribution < -0.4 is 5.32 Å². The third-order valence-electron chi connectivity index (χ3n) is 17.3. The molecule has 1 amide bonds.